The molecule has 0 unspecified atom stereocenters. The molecule has 4 rings (SSSR count). The average molecular weight is 475 g/mol. The van der Waals surface area contributed by atoms with Crippen molar-refractivity contribution in [2.45, 2.75) is 38.0 Å². The maximum Gasteiger partial charge on any atom is 0.416 e. The SMILES string of the molecule is O=C(CCN1CCN(Cc2ccc(C(F)(F)F)cc2)CC1)Nc1ccccc1C(=O)NC1CC1. The number of alkyl halides is 3. The zero-order valence-electron chi connectivity index (χ0n) is 18.9. The largest absolute Gasteiger partial charge is 0.416 e. The molecule has 1 aliphatic carbocycles. The summed E-state index contributed by atoms with van der Waals surface area (Å²) in [5, 5.41) is 5.81. The third kappa shape index (κ3) is 6.80. The minimum atomic E-state index is -4.32. The molecule has 9 heteroatoms. The van der Waals surface area contributed by atoms with E-state index in [1.165, 1.54) is 12.1 Å². The van der Waals surface area contributed by atoms with Crippen molar-refractivity contribution in [2.24, 2.45) is 0 Å². The molecule has 0 aromatic heterocycles. The Balaban J connectivity index is 1.19. The van der Waals surface area contributed by atoms with Gasteiger partial charge >= 0.3 is 6.18 Å². The van der Waals surface area contributed by atoms with Gasteiger partial charge in [0.15, 0.2) is 0 Å². The molecule has 1 heterocycles. The zero-order valence-corrected chi connectivity index (χ0v) is 18.9. The van der Waals surface area contributed by atoms with Gasteiger partial charge in [-0.25, -0.2) is 0 Å². The van der Waals surface area contributed by atoms with Crippen LogP contribution in [0.15, 0.2) is 48.5 Å². The third-order valence-electron chi connectivity index (χ3n) is 6.17. The third-order valence-corrected chi connectivity index (χ3v) is 6.17. The van der Waals surface area contributed by atoms with E-state index in [0.29, 0.717) is 30.8 Å². The van der Waals surface area contributed by atoms with Crippen molar-refractivity contribution < 1.29 is 22.8 Å². The number of carbonyl (C=O) groups is 2. The first-order valence-corrected chi connectivity index (χ1v) is 11.6. The van der Waals surface area contributed by atoms with E-state index in [-0.39, 0.29) is 17.9 Å². The molecule has 1 saturated heterocycles. The number of para-hydroxylation sites is 1. The summed E-state index contributed by atoms with van der Waals surface area (Å²) in [6.07, 6.45) is -2.01. The minimum Gasteiger partial charge on any atom is -0.349 e. The first kappa shape index (κ1) is 24.2. The summed E-state index contributed by atoms with van der Waals surface area (Å²) >= 11 is 0. The van der Waals surface area contributed by atoms with Crippen molar-refractivity contribution >= 4 is 17.5 Å². The Morgan fingerprint density at radius 1 is 0.912 bits per heavy atom. The lowest BCUT2D eigenvalue weighted by atomic mass is 10.1. The van der Waals surface area contributed by atoms with Crippen molar-refractivity contribution in [3.63, 3.8) is 0 Å². The first-order valence-electron chi connectivity index (χ1n) is 11.6. The molecule has 34 heavy (non-hydrogen) atoms. The highest BCUT2D eigenvalue weighted by Crippen LogP contribution is 2.29. The number of hydrogen-bond donors (Lipinski definition) is 2. The van der Waals surface area contributed by atoms with Crippen LogP contribution in [0, 0.1) is 0 Å². The minimum absolute atomic E-state index is 0.140. The van der Waals surface area contributed by atoms with Gasteiger partial charge in [0.05, 0.1) is 16.8 Å². The number of nitrogens with one attached hydrogen (secondary N) is 2. The summed E-state index contributed by atoms with van der Waals surface area (Å²) in [5.41, 5.74) is 1.21. The molecule has 0 atom stereocenters. The van der Waals surface area contributed by atoms with Gasteiger partial charge in [0.2, 0.25) is 5.91 Å². The number of halogens is 3. The summed E-state index contributed by atoms with van der Waals surface area (Å²) in [6, 6.07) is 12.6. The predicted molar refractivity (Wildman–Crippen MR) is 123 cm³/mol. The van der Waals surface area contributed by atoms with Crippen LogP contribution in [0.25, 0.3) is 0 Å². The Morgan fingerprint density at radius 3 is 2.21 bits per heavy atom. The van der Waals surface area contributed by atoms with Crippen LogP contribution in [-0.2, 0) is 17.5 Å². The van der Waals surface area contributed by atoms with Crippen LogP contribution in [-0.4, -0.2) is 60.4 Å². The van der Waals surface area contributed by atoms with Gasteiger partial charge < -0.3 is 15.5 Å². The Morgan fingerprint density at radius 2 is 1.56 bits per heavy atom. The molecular weight excluding hydrogens is 445 g/mol. The standard InChI is InChI=1S/C25H29F3N4O2/c26-25(27,28)19-7-5-18(6-8-19)17-32-15-13-31(14-16-32)12-11-23(33)30-22-4-2-1-3-21(22)24(34)29-20-9-10-20/h1-8,20H,9-17H2,(H,29,34)(H,30,33). The molecule has 182 valence electrons. The van der Waals surface area contributed by atoms with Crippen molar-refractivity contribution in [2.75, 3.05) is 38.0 Å². The molecule has 0 bridgehead atoms. The van der Waals surface area contributed by atoms with Crippen LogP contribution in [0.3, 0.4) is 0 Å². The molecular formula is C25H29F3N4O2. The number of piperazine rings is 1. The molecule has 1 saturated carbocycles. The molecule has 2 N–H and O–H groups in total. The van der Waals surface area contributed by atoms with Gasteiger partial charge in [0.25, 0.3) is 5.91 Å². The van der Waals surface area contributed by atoms with Crippen LogP contribution < -0.4 is 10.6 Å². The molecule has 2 aromatic rings. The molecule has 2 fully saturated rings. The zero-order chi connectivity index (χ0) is 24.1. The summed E-state index contributed by atoms with van der Waals surface area (Å²) in [4.78, 5) is 29.3. The van der Waals surface area contributed by atoms with Crippen molar-refractivity contribution in [3.05, 3.63) is 65.2 Å². The average Bonchev–Trinajstić information content (AvgIpc) is 3.63. The second-order valence-electron chi connectivity index (χ2n) is 8.90. The highest BCUT2D eigenvalue weighted by molar-refractivity contribution is 6.03. The molecule has 2 aliphatic rings. The van der Waals surface area contributed by atoms with Crippen LogP contribution in [0.1, 0.15) is 40.7 Å². The van der Waals surface area contributed by atoms with Crippen molar-refractivity contribution in [1.82, 2.24) is 15.1 Å². The monoisotopic (exact) mass is 474 g/mol. The fourth-order valence-corrected chi connectivity index (χ4v) is 3.98. The fourth-order valence-electron chi connectivity index (χ4n) is 3.98. The van der Waals surface area contributed by atoms with E-state index in [0.717, 1.165) is 56.7 Å². The van der Waals surface area contributed by atoms with Crippen LogP contribution >= 0.6 is 0 Å². The lowest BCUT2D eigenvalue weighted by Gasteiger charge is -2.34. The van der Waals surface area contributed by atoms with Gasteiger partial charge in [-0.15, -0.1) is 0 Å². The lowest BCUT2D eigenvalue weighted by Crippen LogP contribution is -2.46. The molecule has 0 spiro atoms. The van der Waals surface area contributed by atoms with Crippen LogP contribution in [0.2, 0.25) is 0 Å². The van der Waals surface area contributed by atoms with E-state index in [4.69, 9.17) is 0 Å². The molecule has 2 aromatic carbocycles. The molecule has 1 aliphatic heterocycles. The van der Waals surface area contributed by atoms with Gasteiger partial charge in [-0.1, -0.05) is 24.3 Å². The number of amides is 2. The van der Waals surface area contributed by atoms with Gasteiger partial charge in [0.1, 0.15) is 0 Å². The van der Waals surface area contributed by atoms with Gasteiger partial charge in [-0.2, -0.15) is 13.2 Å². The number of rotatable bonds is 8. The Hall–Kier alpha value is -2.91. The molecule has 6 nitrogen and oxygen atoms in total. The second-order valence-corrected chi connectivity index (χ2v) is 8.90. The van der Waals surface area contributed by atoms with E-state index in [1.807, 2.05) is 0 Å². The van der Waals surface area contributed by atoms with E-state index in [2.05, 4.69) is 20.4 Å². The maximum absolute atomic E-state index is 12.7. The number of hydrogen-bond acceptors (Lipinski definition) is 4. The fraction of sp³-hybridized carbons (Fsp3) is 0.440. The smallest absolute Gasteiger partial charge is 0.349 e. The summed E-state index contributed by atoms with van der Waals surface area (Å²) in [7, 11) is 0. The Labute approximate surface area is 197 Å². The van der Waals surface area contributed by atoms with E-state index >= 15 is 0 Å². The van der Waals surface area contributed by atoms with Gasteiger partial charge in [-0.05, 0) is 42.7 Å². The number of nitrogens with zero attached hydrogens (tertiary/aromatic N) is 2. The summed E-state index contributed by atoms with van der Waals surface area (Å²) < 4.78 is 38.1. The number of carbonyl (C=O) groups excluding carboxylic acids is 2. The normalized spacial score (nSPS) is 17.4. The highest BCUT2D eigenvalue weighted by Gasteiger charge is 2.30. The Kier molecular flexibility index (Phi) is 7.53. The van der Waals surface area contributed by atoms with E-state index in [9.17, 15) is 22.8 Å². The molecule has 2 amide bonds. The quantitative estimate of drug-likeness (QED) is 0.612. The second kappa shape index (κ2) is 10.6. The maximum atomic E-state index is 12.7. The van der Waals surface area contributed by atoms with E-state index in [1.54, 1.807) is 24.3 Å². The van der Waals surface area contributed by atoms with Gasteiger partial charge in [0, 0.05) is 51.7 Å². The highest BCUT2D eigenvalue weighted by atomic mass is 19.4. The first-order chi connectivity index (χ1) is 16.3. The predicted octanol–water partition coefficient (Wildman–Crippen LogP) is 3.74. The van der Waals surface area contributed by atoms with Crippen LogP contribution in [0.5, 0.6) is 0 Å². The van der Waals surface area contributed by atoms with Crippen molar-refractivity contribution in [1.29, 1.82) is 0 Å². The van der Waals surface area contributed by atoms with Gasteiger partial charge in [-0.3, -0.25) is 14.5 Å². The molecule has 0 radical (unpaired) electrons. The van der Waals surface area contributed by atoms with E-state index < -0.39 is 11.7 Å². The van der Waals surface area contributed by atoms with Crippen LogP contribution in [0.4, 0.5) is 18.9 Å². The van der Waals surface area contributed by atoms with Crippen molar-refractivity contribution in [3.8, 4) is 0 Å². The summed E-state index contributed by atoms with van der Waals surface area (Å²) in [6.45, 7) is 4.35. The number of benzene rings is 2. The number of anilines is 1. The Bertz CT molecular complexity index is 998. The lowest BCUT2D eigenvalue weighted by molar-refractivity contribution is -0.137. The summed E-state index contributed by atoms with van der Waals surface area (Å²) in [5.74, 6) is -0.304. The topological polar surface area (TPSA) is 64.7 Å².